The van der Waals surface area contributed by atoms with Gasteiger partial charge in [0.15, 0.2) is 0 Å². The molecule has 0 radical (unpaired) electrons. The van der Waals surface area contributed by atoms with Crippen molar-refractivity contribution in [1.29, 1.82) is 0 Å². The van der Waals surface area contributed by atoms with Crippen LogP contribution in [-0.4, -0.2) is 39.9 Å². The number of anilines is 1. The summed E-state index contributed by atoms with van der Waals surface area (Å²) in [5.41, 5.74) is 1.98. The van der Waals surface area contributed by atoms with Crippen LogP contribution in [-0.2, 0) is 4.74 Å². The van der Waals surface area contributed by atoms with Gasteiger partial charge in [-0.1, -0.05) is 0 Å². The van der Waals surface area contributed by atoms with Crippen molar-refractivity contribution in [2.45, 2.75) is 13.0 Å². The molecule has 0 aromatic carbocycles. The van der Waals surface area contributed by atoms with Crippen molar-refractivity contribution in [1.82, 2.24) is 20.2 Å². The van der Waals surface area contributed by atoms with Crippen LogP contribution in [0.5, 0.6) is 0 Å². The number of aromatic nitrogens is 4. The van der Waals surface area contributed by atoms with Crippen LogP contribution in [0, 0.1) is 6.92 Å². The Morgan fingerprint density at radius 2 is 2.39 bits per heavy atom. The van der Waals surface area contributed by atoms with E-state index in [9.17, 15) is 0 Å². The molecule has 6 nitrogen and oxygen atoms in total. The summed E-state index contributed by atoms with van der Waals surface area (Å²) in [6.45, 7) is 4.28. The van der Waals surface area contributed by atoms with Crippen LogP contribution in [0.15, 0.2) is 24.7 Å². The number of nitrogens with zero attached hydrogens (tertiary/aromatic N) is 4. The fourth-order valence-corrected chi connectivity index (χ4v) is 2.10. The summed E-state index contributed by atoms with van der Waals surface area (Å²) in [6, 6.07) is 3.94. The third-order valence-electron chi connectivity index (χ3n) is 3.05. The third kappa shape index (κ3) is 2.19. The average molecular weight is 245 g/mol. The molecule has 0 bridgehead atoms. The Morgan fingerprint density at radius 1 is 1.44 bits per heavy atom. The number of ether oxygens (including phenoxy) is 1. The van der Waals surface area contributed by atoms with E-state index in [4.69, 9.17) is 4.74 Å². The number of hydrogen-bond acceptors (Lipinski definition) is 5. The highest BCUT2D eigenvalue weighted by molar-refractivity contribution is 5.39. The summed E-state index contributed by atoms with van der Waals surface area (Å²) in [5.74, 6) is 0.954. The summed E-state index contributed by atoms with van der Waals surface area (Å²) < 4.78 is 5.75. The van der Waals surface area contributed by atoms with Crippen LogP contribution >= 0.6 is 0 Å². The van der Waals surface area contributed by atoms with Crippen molar-refractivity contribution in [2.75, 3.05) is 24.6 Å². The highest BCUT2D eigenvalue weighted by atomic mass is 16.5. The quantitative estimate of drug-likeness (QED) is 0.857. The van der Waals surface area contributed by atoms with Gasteiger partial charge in [0.2, 0.25) is 0 Å². The zero-order chi connectivity index (χ0) is 12.4. The lowest BCUT2D eigenvalue weighted by molar-refractivity contribution is 0.0367. The molecule has 0 spiro atoms. The largest absolute Gasteiger partial charge is 0.368 e. The second kappa shape index (κ2) is 4.73. The third-order valence-corrected chi connectivity index (χ3v) is 3.05. The smallest absolute Gasteiger partial charge is 0.132 e. The molecule has 2 aromatic heterocycles. The molecular formula is C12H15N5O. The zero-order valence-electron chi connectivity index (χ0n) is 10.2. The molecule has 18 heavy (non-hydrogen) atoms. The summed E-state index contributed by atoms with van der Waals surface area (Å²) in [6.07, 6.45) is 3.37. The van der Waals surface area contributed by atoms with Gasteiger partial charge in [0, 0.05) is 24.5 Å². The molecule has 2 aromatic rings. The van der Waals surface area contributed by atoms with E-state index < -0.39 is 0 Å². The SMILES string of the molecule is Cc1cc(N2CCOC(c3ccn[nH]3)C2)ncn1. The lowest BCUT2D eigenvalue weighted by Crippen LogP contribution is -2.39. The Balaban J connectivity index is 1.78. The zero-order valence-corrected chi connectivity index (χ0v) is 10.2. The van der Waals surface area contributed by atoms with Gasteiger partial charge in [0.05, 0.1) is 18.8 Å². The molecule has 0 aliphatic carbocycles. The highest BCUT2D eigenvalue weighted by Crippen LogP contribution is 2.23. The van der Waals surface area contributed by atoms with Crippen molar-refractivity contribution in [3.05, 3.63) is 36.0 Å². The van der Waals surface area contributed by atoms with Gasteiger partial charge < -0.3 is 9.64 Å². The standard InChI is InChI=1S/C12H15N5O/c1-9-6-12(14-8-13-9)17-4-5-18-11(7-17)10-2-3-15-16-10/h2-3,6,8,11H,4-5,7H2,1H3,(H,15,16). The average Bonchev–Trinajstić information content (AvgIpc) is 2.93. The van der Waals surface area contributed by atoms with Crippen LogP contribution < -0.4 is 4.90 Å². The van der Waals surface area contributed by atoms with Crippen LogP contribution in [0.25, 0.3) is 0 Å². The molecule has 1 atom stereocenters. The lowest BCUT2D eigenvalue weighted by Gasteiger charge is -2.33. The molecule has 1 aliphatic heterocycles. The van der Waals surface area contributed by atoms with Gasteiger partial charge in [0.25, 0.3) is 0 Å². The Bertz CT molecular complexity index is 513. The van der Waals surface area contributed by atoms with Gasteiger partial charge in [-0.2, -0.15) is 5.10 Å². The van der Waals surface area contributed by atoms with Crippen molar-refractivity contribution in [3.63, 3.8) is 0 Å². The van der Waals surface area contributed by atoms with E-state index in [-0.39, 0.29) is 6.10 Å². The maximum Gasteiger partial charge on any atom is 0.132 e. The van der Waals surface area contributed by atoms with Crippen molar-refractivity contribution >= 4 is 5.82 Å². The predicted molar refractivity (Wildman–Crippen MR) is 66.3 cm³/mol. The minimum absolute atomic E-state index is 0.0246. The van der Waals surface area contributed by atoms with Gasteiger partial charge in [-0.15, -0.1) is 0 Å². The van der Waals surface area contributed by atoms with Crippen LogP contribution in [0.3, 0.4) is 0 Å². The molecule has 0 saturated carbocycles. The first-order chi connectivity index (χ1) is 8.83. The number of morpholine rings is 1. The first-order valence-electron chi connectivity index (χ1n) is 5.97. The molecule has 1 unspecified atom stereocenters. The van der Waals surface area contributed by atoms with Gasteiger partial charge in [0.1, 0.15) is 18.2 Å². The van der Waals surface area contributed by atoms with E-state index in [0.717, 1.165) is 30.3 Å². The topological polar surface area (TPSA) is 66.9 Å². The van der Waals surface area contributed by atoms with Crippen LogP contribution in [0.4, 0.5) is 5.82 Å². The Hall–Kier alpha value is -1.95. The predicted octanol–water partition coefficient (Wildman–Crippen LogP) is 1.09. The summed E-state index contributed by atoms with van der Waals surface area (Å²) in [4.78, 5) is 10.6. The van der Waals surface area contributed by atoms with Crippen molar-refractivity contribution in [3.8, 4) is 0 Å². The monoisotopic (exact) mass is 245 g/mol. The molecule has 6 heteroatoms. The van der Waals surface area contributed by atoms with E-state index in [2.05, 4.69) is 25.1 Å². The Kier molecular flexibility index (Phi) is 2.93. The van der Waals surface area contributed by atoms with Crippen LogP contribution in [0.1, 0.15) is 17.5 Å². The Morgan fingerprint density at radius 3 is 3.17 bits per heavy atom. The minimum atomic E-state index is 0.0246. The first kappa shape index (κ1) is 11.2. The lowest BCUT2D eigenvalue weighted by atomic mass is 10.2. The van der Waals surface area contributed by atoms with E-state index in [0.29, 0.717) is 6.61 Å². The maximum atomic E-state index is 5.75. The molecule has 1 fully saturated rings. The van der Waals surface area contributed by atoms with Crippen LogP contribution in [0.2, 0.25) is 0 Å². The van der Waals surface area contributed by atoms with E-state index in [1.54, 1.807) is 12.5 Å². The molecule has 1 saturated heterocycles. The van der Waals surface area contributed by atoms with Gasteiger partial charge in [-0.25, -0.2) is 9.97 Å². The van der Waals surface area contributed by atoms with Gasteiger partial charge >= 0.3 is 0 Å². The molecule has 0 amide bonds. The molecule has 3 rings (SSSR count). The summed E-state index contributed by atoms with van der Waals surface area (Å²) >= 11 is 0. The molecule has 3 heterocycles. The van der Waals surface area contributed by atoms with E-state index in [1.807, 2.05) is 19.1 Å². The number of nitrogens with one attached hydrogen (secondary N) is 1. The fraction of sp³-hybridized carbons (Fsp3) is 0.417. The first-order valence-corrected chi connectivity index (χ1v) is 5.97. The fourth-order valence-electron chi connectivity index (χ4n) is 2.10. The van der Waals surface area contributed by atoms with Gasteiger partial charge in [-0.3, -0.25) is 5.10 Å². The maximum absolute atomic E-state index is 5.75. The normalized spacial score (nSPS) is 20.1. The summed E-state index contributed by atoms with van der Waals surface area (Å²) in [5, 5.41) is 6.92. The second-order valence-corrected chi connectivity index (χ2v) is 4.34. The number of rotatable bonds is 2. The molecule has 1 N–H and O–H groups in total. The molecule has 1 aliphatic rings. The second-order valence-electron chi connectivity index (χ2n) is 4.34. The van der Waals surface area contributed by atoms with E-state index >= 15 is 0 Å². The molecular weight excluding hydrogens is 230 g/mol. The van der Waals surface area contributed by atoms with Crippen molar-refractivity contribution in [2.24, 2.45) is 0 Å². The summed E-state index contributed by atoms with van der Waals surface area (Å²) in [7, 11) is 0. The van der Waals surface area contributed by atoms with Crippen molar-refractivity contribution < 1.29 is 4.74 Å². The minimum Gasteiger partial charge on any atom is -0.368 e. The highest BCUT2D eigenvalue weighted by Gasteiger charge is 2.23. The number of hydrogen-bond donors (Lipinski definition) is 1. The van der Waals surface area contributed by atoms with Gasteiger partial charge in [-0.05, 0) is 13.0 Å². The van der Waals surface area contributed by atoms with E-state index in [1.165, 1.54) is 0 Å². The molecule has 94 valence electrons. The number of aromatic amines is 1. The Labute approximate surface area is 105 Å². The number of aryl methyl sites for hydroxylation is 1. The number of H-pyrrole nitrogens is 1.